The van der Waals surface area contributed by atoms with Crippen LogP contribution in [0.2, 0.25) is 0 Å². The molecule has 0 aliphatic heterocycles. The van der Waals surface area contributed by atoms with Crippen LogP contribution in [0.5, 0.6) is 0 Å². The van der Waals surface area contributed by atoms with E-state index in [4.69, 9.17) is 4.74 Å². The molecule has 41 heavy (non-hydrogen) atoms. The van der Waals surface area contributed by atoms with Crippen molar-refractivity contribution < 1.29 is 19.1 Å². The van der Waals surface area contributed by atoms with Gasteiger partial charge >= 0.3 is 6.09 Å². The lowest BCUT2D eigenvalue weighted by molar-refractivity contribution is -0.145. The molecule has 3 aromatic rings. The van der Waals surface area contributed by atoms with Gasteiger partial charge in [-0.05, 0) is 57.7 Å². The first-order valence-corrected chi connectivity index (χ1v) is 14.2. The molecule has 3 amide bonds. The highest BCUT2D eigenvalue weighted by Crippen LogP contribution is 2.27. The summed E-state index contributed by atoms with van der Waals surface area (Å²) in [5, 5.41) is 5.86. The van der Waals surface area contributed by atoms with Crippen LogP contribution in [0, 0.1) is 6.92 Å². The number of ether oxygens (including phenoxy) is 1. The average Bonchev–Trinajstić information content (AvgIpc) is 2.93. The Hall–Kier alpha value is -4.13. The van der Waals surface area contributed by atoms with E-state index in [-0.39, 0.29) is 24.3 Å². The summed E-state index contributed by atoms with van der Waals surface area (Å²) in [7, 11) is 0. The lowest BCUT2D eigenvalue weighted by Crippen LogP contribution is -2.56. The Balaban J connectivity index is 2.03. The standard InChI is InChI=1S/C34H43N3O4/c1-7-25(3)37(32(39)29(22-26-16-10-8-11-17-26)36-33(40)41-34(4,5)6)30(28-20-14-15-24(2)21-28)31(38)35-23-27-18-12-9-13-19-27/h8-21,25,29-30H,7,22-23H2,1-6H3,(H,35,38)(H,36,40). The first-order chi connectivity index (χ1) is 19.5. The maximum Gasteiger partial charge on any atom is 0.408 e. The minimum atomic E-state index is -0.949. The van der Waals surface area contributed by atoms with Gasteiger partial charge in [-0.1, -0.05) is 97.4 Å². The molecule has 0 aliphatic carbocycles. The molecule has 0 heterocycles. The van der Waals surface area contributed by atoms with Gasteiger partial charge in [0, 0.05) is 19.0 Å². The zero-order chi connectivity index (χ0) is 30.0. The average molecular weight is 558 g/mol. The number of carbonyl (C=O) groups excluding carboxylic acids is 3. The van der Waals surface area contributed by atoms with Gasteiger partial charge in [0.25, 0.3) is 0 Å². The summed E-state index contributed by atoms with van der Waals surface area (Å²) in [6.45, 7) is 11.5. The normalized spacial score (nSPS) is 13.4. The third-order valence-electron chi connectivity index (χ3n) is 6.79. The van der Waals surface area contributed by atoms with E-state index in [9.17, 15) is 14.4 Å². The number of nitrogens with zero attached hydrogens (tertiary/aromatic N) is 1. The fourth-order valence-corrected chi connectivity index (χ4v) is 4.64. The Bertz CT molecular complexity index is 1290. The minimum absolute atomic E-state index is 0.248. The minimum Gasteiger partial charge on any atom is -0.444 e. The SMILES string of the molecule is CCC(C)N(C(=O)C(Cc1ccccc1)NC(=O)OC(C)(C)C)C(C(=O)NCc1ccccc1)c1cccc(C)c1. The second-order valence-corrected chi connectivity index (χ2v) is 11.4. The van der Waals surface area contributed by atoms with E-state index < -0.39 is 23.8 Å². The Kier molecular flexibility index (Phi) is 11.1. The number of carbonyl (C=O) groups is 3. The van der Waals surface area contributed by atoms with Gasteiger partial charge in [-0.15, -0.1) is 0 Å². The second kappa shape index (κ2) is 14.5. The van der Waals surface area contributed by atoms with E-state index in [1.165, 1.54) is 0 Å². The first kappa shape index (κ1) is 31.4. The van der Waals surface area contributed by atoms with Crippen LogP contribution in [0.15, 0.2) is 84.9 Å². The van der Waals surface area contributed by atoms with Crippen LogP contribution in [0.4, 0.5) is 4.79 Å². The van der Waals surface area contributed by atoms with Crippen LogP contribution in [-0.4, -0.2) is 40.5 Å². The molecule has 0 aromatic heterocycles. The number of benzene rings is 3. The topological polar surface area (TPSA) is 87.7 Å². The lowest BCUT2D eigenvalue weighted by atomic mass is 9.97. The fraction of sp³-hybridized carbons (Fsp3) is 0.382. The molecule has 0 saturated heterocycles. The number of nitrogens with one attached hydrogen (secondary N) is 2. The number of hydrogen-bond acceptors (Lipinski definition) is 4. The quantitative estimate of drug-likeness (QED) is 0.298. The zero-order valence-electron chi connectivity index (χ0n) is 25.0. The summed E-state index contributed by atoms with van der Waals surface area (Å²) in [4.78, 5) is 43.0. The molecule has 3 atom stereocenters. The third kappa shape index (κ3) is 9.48. The van der Waals surface area contributed by atoms with Crippen LogP contribution >= 0.6 is 0 Å². The van der Waals surface area contributed by atoms with Crippen molar-refractivity contribution in [3.8, 4) is 0 Å². The van der Waals surface area contributed by atoms with Crippen molar-refractivity contribution in [1.29, 1.82) is 0 Å². The molecule has 0 bridgehead atoms. The molecule has 0 radical (unpaired) electrons. The highest BCUT2D eigenvalue weighted by atomic mass is 16.6. The molecule has 0 aliphatic rings. The van der Waals surface area contributed by atoms with Gasteiger partial charge in [0.05, 0.1) is 0 Å². The third-order valence-corrected chi connectivity index (χ3v) is 6.79. The summed E-state index contributed by atoms with van der Waals surface area (Å²) in [5.74, 6) is -0.640. The van der Waals surface area contributed by atoms with Crippen molar-refractivity contribution in [3.05, 3.63) is 107 Å². The molecule has 3 rings (SSSR count). The summed E-state index contributed by atoms with van der Waals surface area (Å²) in [6, 6.07) is 24.7. The monoisotopic (exact) mass is 557 g/mol. The van der Waals surface area contributed by atoms with Crippen molar-refractivity contribution in [2.45, 2.75) is 84.7 Å². The Morgan fingerprint density at radius 3 is 2.05 bits per heavy atom. The summed E-state index contributed by atoms with van der Waals surface area (Å²) < 4.78 is 5.52. The van der Waals surface area contributed by atoms with Gasteiger partial charge < -0.3 is 20.3 Å². The molecule has 0 fully saturated rings. The molecule has 218 valence electrons. The number of rotatable bonds is 11. The largest absolute Gasteiger partial charge is 0.444 e. The van der Waals surface area contributed by atoms with Crippen molar-refractivity contribution in [2.24, 2.45) is 0 Å². The Morgan fingerprint density at radius 2 is 1.49 bits per heavy atom. The summed E-state index contributed by atoms with van der Waals surface area (Å²) in [5.41, 5.74) is 2.79. The van der Waals surface area contributed by atoms with Crippen LogP contribution < -0.4 is 10.6 Å². The molecule has 2 N–H and O–H groups in total. The van der Waals surface area contributed by atoms with E-state index in [0.717, 1.165) is 16.7 Å². The maximum atomic E-state index is 14.5. The van der Waals surface area contributed by atoms with E-state index in [1.807, 2.05) is 106 Å². The fourth-order valence-electron chi connectivity index (χ4n) is 4.64. The van der Waals surface area contributed by atoms with Gasteiger partial charge in [-0.2, -0.15) is 0 Å². The predicted molar refractivity (Wildman–Crippen MR) is 162 cm³/mol. The van der Waals surface area contributed by atoms with Crippen LogP contribution in [-0.2, 0) is 27.3 Å². The smallest absolute Gasteiger partial charge is 0.408 e. The van der Waals surface area contributed by atoms with Crippen LogP contribution in [0.3, 0.4) is 0 Å². The summed E-state index contributed by atoms with van der Waals surface area (Å²) in [6.07, 6.45) is 0.180. The molecule has 7 nitrogen and oxygen atoms in total. The van der Waals surface area contributed by atoms with Crippen LogP contribution in [0.25, 0.3) is 0 Å². The van der Waals surface area contributed by atoms with E-state index in [1.54, 1.807) is 25.7 Å². The number of hydrogen-bond donors (Lipinski definition) is 2. The van der Waals surface area contributed by atoms with Gasteiger partial charge in [-0.25, -0.2) is 4.79 Å². The van der Waals surface area contributed by atoms with Crippen molar-refractivity contribution in [3.63, 3.8) is 0 Å². The van der Waals surface area contributed by atoms with Crippen molar-refractivity contribution in [2.75, 3.05) is 0 Å². The molecule has 0 spiro atoms. The van der Waals surface area contributed by atoms with Crippen molar-refractivity contribution >= 4 is 17.9 Å². The maximum absolute atomic E-state index is 14.5. The Morgan fingerprint density at radius 1 is 0.878 bits per heavy atom. The number of alkyl carbamates (subject to hydrolysis) is 1. The zero-order valence-corrected chi connectivity index (χ0v) is 25.0. The van der Waals surface area contributed by atoms with Crippen molar-refractivity contribution in [1.82, 2.24) is 15.5 Å². The highest BCUT2D eigenvalue weighted by molar-refractivity contribution is 5.92. The predicted octanol–water partition coefficient (Wildman–Crippen LogP) is 6.12. The number of amides is 3. The molecule has 3 aromatic carbocycles. The van der Waals surface area contributed by atoms with Gasteiger partial charge in [-0.3, -0.25) is 9.59 Å². The van der Waals surface area contributed by atoms with E-state index >= 15 is 0 Å². The lowest BCUT2D eigenvalue weighted by Gasteiger charge is -2.38. The molecule has 0 saturated carbocycles. The summed E-state index contributed by atoms with van der Waals surface area (Å²) >= 11 is 0. The molecule has 7 heteroatoms. The van der Waals surface area contributed by atoms with E-state index in [0.29, 0.717) is 18.5 Å². The Labute approximate surface area is 244 Å². The second-order valence-electron chi connectivity index (χ2n) is 11.4. The van der Waals surface area contributed by atoms with E-state index in [2.05, 4.69) is 10.6 Å². The van der Waals surface area contributed by atoms with Gasteiger partial charge in [0.2, 0.25) is 11.8 Å². The highest BCUT2D eigenvalue weighted by Gasteiger charge is 2.38. The van der Waals surface area contributed by atoms with Crippen LogP contribution in [0.1, 0.15) is 69.3 Å². The van der Waals surface area contributed by atoms with Gasteiger partial charge in [0.15, 0.2) is 0 Å². The molecular weight excluding hydrogens is 514 g/mol. The first-order valence-electron chi connectivity index (χ1n) is 14.2. The molecular formula is C34H43N3O4. The molecule has 3 unspecified atom stereocenters. The van der Waals surface area contributed by atoms with Gasteiger partial charge in [0.1, 0.15) is 17.7 Å². The number of aryl methyl sites for hydroxylation is 1.